The first-order valence-electron chi connectivity index (χ1n) is 4.84. The third kappa shape index (κ3) is 2.42. The Balaban J connectivity index is 2.54. The van der Waals surface area contributed by atoms with Gasteiger partial charge in [-0.15, -0.1) is 0 Å². The van der Waals surface area contributed by atoms with Gasteiger partial charge in [0.15, 0.2) is 0 Å². The highest BCUT2D eigenvalue weighted by Crippen LogP contribution is 2.32. The van der Waals surface area contributed by atoms with Gasteiger partial charge in [-0.25, -0.2) is 0 Å². The van der Waals surface area contributed by atoms with Crippen LogP contribution in [0.5, 0.6) is 0 Å². The van der Waals surface area contributed by atoms with Gasteiger partial charge in [0.05, 0.1) is 25.4 Å². The second-order valence-electron chi connectivity index (χ2n) is 3.78. The number of hydrogen-bond acceptors (Lipinski definition) is 3. The molecule has 78 valence electrons. The molecular weight excluding hydrogens is 168 g/mol. The molecule has 4 atom stereocenters. The first-order valence-corrected chi connectivity index (χ1v) is 4.84. The van der Waals surface area contributed by atoms with E-state index in [4.69, 9.17) is 14.2 Å². The fourth-order valence-corrected chi connectivity index (χ4v) is 2.14. The molecule has 0 spiro atoms. The zero-order valence-corrected chi connectivity index (χ0v) is 8.95. The van der Waals surface area contributed by atoms with Crippen molar-refractivity contribution in [2.45, 2.75) is 26.1 Å². The van der Waals surface area contributed by atoms with Crippen LogP contribution in [0.4, 0.5) is 0 Å². The van der Waals surface area contributed by atoms with Gasteiger partial charge in [-0.3, -0.25) is 0 Å². The lowest BCUT2D eigenvalue weighted by Gasteiger charge is -2.20. The maximum atomic E-state index is 5.73. The molecule has 0 amide bonds. The monoisotopic (exact) mass is 188 g/mol. The van der Waals surface area contributed by atoms with Crippen LogP contribution in [-0.2, 0) is 14.2 Å². The number of hydrogen-bond donors (Lipinski definition) is 0. The van der Waals surface area contributed by atoms with Crippen LogP contribution in [-0.4, -0.2) is 39.6 Å². The van der Waals surface area contributed by atoms with E-state index in [9.17, 15) is 0 Å². The van der Waals surface area contributed by atoms with E-state index in [1.807, 2.05) is 0 Å². The van der Waals surface area contributed by atoms with Crippen molar-refractivity contribution in [1.82, 2.24) is 0 Å². The van der Waals surface area contributed by atoms with Crippen LogP contribution in [0.2, 0.25) is 0 Å². The summed E-state index contributed by atoms with van der Waals surface area (Å²) < 4.78 is 16.1. The topological polar surface area (TPSA) is 27.7 Å². The maximum absolute atomic E-state index is 5.73. The quantitative estimate of drug-likeness (QED) is 0.666. The van der Waals surface area contributed by atoms with Crippen LogP contribution < -0.4 is 0 Å². The minimum Gasteiger partial charge on any atom is -0.384 e. The average molecular weight is 188 g/mol. The van der Waals surface area contributed by atoms with Crippen molar-refractivity contribution < 1.29 is 14.2 Å². The lowest BCUT2D eigenvalue weighted by molar-refractivity contribution is 0.0364. The van der Waals surface area contributed by atoms with Crippen molar-refractivity contribution in [3.05, 3.63) is 0 Å². The Morgan fingerprint density at radius 3 is 1.62 bits per heavy atom. The van der Waals surface area contributed by atoms with E-state index in [1.165, 1.54) is 0 Å². The SMILES string of the molecule is COC[C@@H]1[C@@H](COC)[C@H](C)O[C@H]1C. The van der Waals surface area contributed by atoms with Gasteiger partial charge < -0.3 is 14.2 Å². The fourth-order valence-electron chi connectivity index (χ4n) is 2.14. The van der Waals surface area contributed by atoms with E-state index in [0.717, 1.165) is 13.2 Å². The molecule has 1 saturated heterocycles. The Morgan fingerprint density at radius 2 is 1.31 bits per heavy atom. The van der Waals surface area contributed by atoms with Crippen LogP contribution in [0, 0.1) is 11.8 Å². The predicted molar refractivity (Wildman–Crippen MR) is 50.7 cm³/mol. The van der Waals surface area contributed by atoms with Gasteiger partial charge in [-0.05, 0) is 13.8 Å². The van der Waals surface area contributed by atoms with Crippen LogP contribution >= 0.6 is 0 Å². The molecule has 1 aliphatic heterocycles. The van der Waals surface area contributed by atoms with Crippen molar-refractivity contribution in [2.24, 2.45) is 11.8 Å². The molecule has 0 radical (unpaired) electrons. The largest absolute Gasteiger partial charge is 0.384 e. The Hall–Kier alpha value is -0.120. The summed E-state index contributed by atoms with van der Waals surface area (Å²) in [7, 11) is 3.47. The summed E-state index contributed by atoms with van der Waals surface area (Å²) in [5, 5.41) is 0. The predicted octanol–water partition coefficient (Wildman–Crippen LogP) is 1.32. The smallest absolute Gasteiger partial charge is 0.0605 e. The van der Waals surface area contributed by atoms with E-state index < -0.39 is 0 Å². The molecule has 0 aromatic rings. The van der Waals surface area contributed by atoms with Crippen LogP contribution in [0.15, 0.2) is 0 Å². The zero-order chi connectivity index (χ0) is 9.84. The number of methoxy groups -OCH3 is 2. The molecule has 1 aliphatic rings. The first kappa shape index (κ1) is 11.0. The third-order valence-electron chi connectivity index (χ3n) is 2.90. The molecule has 0 N–H and O–H groups in total. The second kappa shape index (κ2) is 4.94. The second-order valence-corrected chi connectivity index (χ2v) is 3.78. The Bertz CT molecular complexity index is 133. The zero-order valence-electron chi connectivity index (χ0n) is 8.95. The Kier molecular flexibility index (Phi) is 4.16. The molecule has 0 unspecified atom stereocenters. The normalized spacial score (nSPS) is 39.7. The van der Waals surface area contributed by atoms with E-state index >= 15 is 0 Å². The van der Waals surface area contributed by atoms with E-state index in [1.54, 1.807) is 14.2 Å². The van der Waals surface area contributed by atoms with Crippen LogP contribution in [0.25, 0.3) is 0 Å². The van der Waals surface area contributed by atoms with Crippen LogP contribution in [0.1, 0.15) is 13.8 Å². The summed E-state index contributed by atoms with van der Waals surface area (Å²) in [6, 6.07) is 0. The molecule has 13 heavy (non-hydrogen) atoms. The maximum Gasteiger partial charge on any atom is 0.0605 e. The first-order chi connectivity index (χ1) is 6.20. The summed E-state index contributed by atoms with van der Waals surface area (Å²) in [6.45, 7) is 5.74. The van der Waals surface area contributed by atoms with Gasteiger partial charge in [0.2, 0.25) is 0 Å². The molecule has 0 saturated carbocycles. The Morgan fingerprint density at radius 1 is 0.923 bits per heavy atom. The average Bonchev–Trinajstić information content (AvgIpc) is 2.33. The highest BCUT2D eigenvalue weighted by atomic mass is 16.5. The summed E-state index contributed by atoms with van der Waals surface area (Å²) in [6.07, 6.45) is 0.574. The van der Waals surface area contributed by atoms with Gasteiger partial charge in [0, 0.05) is 26.1 Å². The van der Waals surface area contributed by atoms with E-state index in [-0.39, 0.29) is 12.2 Å². The third-order valence-corrected chi connectivity index (χ3v) is 2.90. The summed E-state index contributed by atoms with van der Waals surface area (Å²) in [5.41, 5.74) is 0. The summed E-state index contributed by atoms with van der Waals surface area (Å²) >= 11 is 0. The molecular formula is C10H20O3. The minimum absolute atomic E-state index is 0.287. The molecule has 0 bridgehead atoms. The molecule has 0 aromatic heterocycles. The van der Waals surface area contributed by atoms with Crippen molar-refractivity contribution in [3.63, 3.8) is 0 Å². The molecule has 1 heterocycles. The van der Waals surface area contributed by atoms with Gasteiger partial charge >= 0.3 is 0 Å². The van der Waals surface area contributed by atoms with Crippen LogP contribution in [0.3, 0.4) is 0 Å². The standard InChI is InChI=1S/C10H20O3/c1-7-9(5-11-3)10(6-12-4)8(2)13-7/h7-10H,5-6H2,1-4H3/t7-,8-,9-,10-/m0/s1. The number of ether oxygens (including phenoxy) is 3. The molecule has 0 aliphatic carbocycles. The van der Waals surface area contributed by atoms with Crippen molar-refractivity contribution in [1.29, 1.82) is 0 Å². The highest BCUT2D eigenvalue weighted by Gasteiger charge is 2.39. The fraction of sp³-hybridized carbons (Fsp3) is 1.00. The highest BCUT2D eigenvalue weighted by molar-refractivity contribution is 4.86. The molecule has 3 heteroatoms. The number of rotatable bonds is 4. The van der Waals surface area contributed by atoms with E-state index in [0.29, 0.717) is 11.8 Å². The minimum atomic E-state index is 0.287. The molecule has 1 fully saturated rings. The Labute approximate surface area is 80.4 Å². The lowest BCUT2D eigenvalue weighted by atomic mass is 9.89. The van der Waals surface area contributed by atoms with Gasteiger partial charge in [0.1, 0.15) is 0 Å². The van der Waals surface area contributed by atoms with Gasteiger partial charge in [0.25, 0.3) is 0 Å². The lowest BCUT2D eigenvalue weighted by Crippen LogP contribution is -2.27. The van der Waals surface area contributed by atoms with Crippen molar-refractivity contribution >= 4 is 0 Å². The summed E-state index contributed by atoms with van der Waals surface area (Å²) in [4.78, 5) is 0. The van der Waals surface area contributed by atoms with Crippen molar-refractivity contribution in [3.8, 4) is 0 Å². The molecule has 0 aromatic carbocycles. The van der Waals surface area contributed by atoms with Gasteiger partial charge in [-0.1, -0.05) is 0 Å². The summed E-state index contributed by atoms with van der Waals surface area (Å²) in [5.74, 6) is 0.944. The van der Waals surface area contributed by atoms with Crippen molar-refractivity contribution in [2.75, 3.05) is 27.4 Å². The molecule has 3 nitrogen and oxygen atoms in total. The van der Waals surface area contributed by atoms with Gasteiger partial charge in [-0.2, -0.15) is 0 Å². The van der Waals surface area contributed by atoms with E-state index in [2.05, 4.69) is 13.8 Å². The molecule has 1 rings (SSSR count).